The van der Waals surface area contributed by atoms with Gasteiger partial charge < -0.3 is 21.3 Å². The minimum atomic E-state index is -0.335. The van der Waals surface area contributed by atoms with Crippen LogP contribution in [0.1, 0.15) is 47.1 Å². The van der Waals surface area contributed by atoms with Crippen LogP contribution in [-0.2, 0) is 11.3 Å². The molecule has 0 saturated carbocycles. The number of rotatable bonds is 8. The molecular weight excluding hydrogens is 428 g/mol. The predicted molar refractivity (Wildman–Crippen MR) is 135 cm³/mol. The lowest BCUT2D eigenvalue weighted by Gasteiger charge is -2.20. The Morgan fingerprint density at radius 2 is 1.44 bits per heavy atom. The molecule has 3 amide bonds. The third-order valence-electron chi connectivity index (χ3n) is 4.79. The van der Waals surface area contributed by atoms with Gasteiger partial charge in [-0.3, -0.25) is 14.4 Å². The summed E-state index contributed by atoms with van der Waals surface area (Å²) in [5, 5.41) is 11.6. The van der Waals surface area contributed by atoms with Crippen molar-refractivity contribution in [3.8, 4) is 0 Å². The van der Waals surface area contributed by atoms with Gasteiger partial charge in [0.25, 0.3) is 11.8 Å². The lowest BCUT2D eigenvalue weighted by molar-refractivity contribution is -0.114. The maximum Gasteiger partial charge on any atom is 0.251 e. The zero-order chi connectivity index (χ0) is 24.6. The second-order valence-electron chi connectivity index (χ2n) is 8.93. The predicted octanol–water partition coefficient (Wildman–Crippen LogP) is 4.20. The second kappa shape index (κ2) is 11.1. The molecule has 0 aliphatic carbocycles. The monoisotopic (exact) mass is 458 g/mol. The van der Waals surface area contributed by atoms with Crippen molar-refractivity contribution < 1.29 is 14.4 Å². The molecule has 7 nitrogen and oxygen atoms in total. The smallest absolute Gasteiger partial charge is 0.251 e. The molecular formula is C27H30N4O3. The molecule has 0 heterocycles. The molecule has 0 bridgehead atoms. The highest BCUT2D eigenvalue weighted by Crippen LogP contribution is 2.13. The second-order valence-corrected chi connectivity index (χ2v) is 8.93. The van der Waals surface area contributed by atoms with Gasteiger partial charge in [-0.25, -0.2) is 0 Å². The Morgan fingerprint density at radius 3 is 2.12 bits per heavy atom. The summed E-state index contributed by atoms with van der Waals surface area (Å²) in [5.41, 5.74) is 2.97. The summed E-state index contributed by atoms with van der Waals surface area (Å²) >= 11 is 0. The lowest BCUT2D eigenvalue weighted by Crippen LogP contribution is -2.40. The molecule has 0 radical (unpaired) electrons. The van der Waals surface area contributed by atoms with E-state index >= 15 is 0 Å². The van der Waals surface area contributed by atoms with Gasteiger partial charge in [0.05, 0.1) is 6.54 Å². The summed E-state index contributed by atoms with van der Waals surface area (Å²) in [6.07, 6.45) is 0. The van der Waals surface area contributed by atoms with Gasteiger partial charge in [0.15, 0.2) is 0 Å². The van der Waals surface area contributed by atoms with E-state index in [0.717, 1.165) is 5.56 Å². The van der Waals surface area contributed by atoms with E-state index in [2.05, 4.69) is 21.3 Å². The first kappa shape index (κ1) is 24.5. The van der Waals surface area contributed by atoms with E-state index in [1.165, 1.54) is 0 Å². The molecule has 3 aromatic rings. The van der Waals surface area contributed by atoms with Crippen LogP contribution < -0.4 is 21.3 Å². The summed E-state index contributed by atoms with van der Waals surface area (Å²) in [6, 6.07) is 23.4. The van der Waals surface area contributed by atoms with Gasteiger partial charge in [-0.15, -0.1) is 0 Å². The van der Waals surface area contributed by atoms with Gasteiger partial charge in [-0.2, -0.15) is 0 Å². The zero-order valence-corrected chi connectivity index (χ0v) is 19.6. The molecule has 7 heteroatoms. The number of hydrogen-bond acceptors (Lipinski definition) is 4. The Hall–Kier alpha value is -4.13. The van der Waals surface area contributed by atoms with Crippen molar-refractivity contribution >= 4 is 29.1 Å². The van der Waals surface area contributed by atoms with Gasteiger partial charge in [0.1, 0.15) is 0 Å². The standard InChI is InChI=1S/C27H30N4O3/c1-27(2,3)31-26(34)21-10-7-11-23(16-21)28-18-24(32)30-22-14-12-20(13-15-22)25(33)29-17-19-8-5-4-6-9-19/h4-16,28H,17-18H2,1-3H3,(H,29,33)(H,30,32)(H,31,34). The van der Waals surface area contributed by atoms with Crippen molar-refractivity contribution in [2.75, 3.05) is 17.2 Å². The summed E-state index contributed by atoms with van der Waals surface area (Å²) in [7, 11) is 0. The van der Waals surface area contributed by atoms with Gasteiger partial charge in [0, 0.05) is 34.6 Å². The highest BCUT2D eigenvalue weighted by atomic mass is 16.2. The quantitative estimate of drug-likeness (QED) is 0.407. The lowest BCUT2D eigenvalue weighted by atomic mass is 10.1. The van der Waals surface area contributed by atoms with E-state index in [4.69, 9.17) is 0 Å². The van der Waals surface area contributed by atoms with Gasteiger partial charge in [-0.05, 0) is 68.8 Å². The van der Waals surface area contributed by atoms with Crippen LogP contribution in [0.15, 0.2) is 78.9 Å². The molecule has 0 aliphatic heterocycles. The highest BCUT2D eigenvalue weighted by molar-refractivity contribution is 5.97. The van der Waals surface area contributed by atoms with Crippen LogP contribution >= 0.6 is 0 Å². The molecule has 0 aliphatic rings. The fourth-order valence-corrected chi connectivity index (χ4v) is 3.16. The summed E-state index contributed by atoms with van der Waals surface area (Å²) in [5.74, 6) is -0.599. The molecule has 176 valence electrons. The number of hydrogen-bond donors (Lipinski definition) is 4. The van der Waals surface area contributed by atoms with Gasteiger partial charge in [-0.1, -0.05) is 36.4 Å². The molecule has 0 unspecified atom stereocenters. The van der Waals surface area contributed by atoms with Crippen molar-refractivity contribution in [2.24, 2.45) is 0 Å². The Kier molecular flexibility index (Phi) is 8.03. The fourth-order valence-electron chi connectivity index (χ4n) is 3.16. The largest absolute Gasteiger partial charge is 0.376 e. The van der Waals surface area contributed by atoms with E-state index in [1.807, 2.05) is 51.1 Å². The van der Waals surface area contributed by atoms with Gasteiger partial charge >= 0.3 is 0 Å². The average Bonchev–Trinajstić information content (AvgIpc) is 2.81. The third-order valence-corrected chi connectivity index (χ3v) is 4.79. The minimum absolute atomic E-state index is 0.0314. The van der Waals surface area contributed by atoms with E-state index in [1.54, 1.807) is 48.5 Å². The molecule has 4 N–H and O–H groups in total. The maximum absolute atomic E-state index is 12.3. The normalized spacial score (nSPS) is 10.8. The van der Waals surface area contributed by atoms with Crippen LogP contribution in [0.25, 0.3) is 0 Å². The maximum atomic E-state index is 12.3. The zero-order valence-electron chi connectivity index (χ0n) is 19.6. The van der Waals surface area contributed by atoms with Crippen molar-refractivity contribution in [1.29, 1.82) is 0 Å². The number of benzene rings is 3. The topological polar surface area (TPSA) is 99.3 Å². The Morgan fingerprint density at radius 1 is 0.735 bits per heavy atom. The van der Waals surface area contributed by atoms with Crippen LogP contribution in [0.4, 0.5) is 11.4 Å². The molecule has 3 rings (SSSR count). The van der Waals surface area contributed by atoms with Crippen molar-refractivity contribution in [3.63, 3.8) is 0 Å². The van der Waals surface area contributed by atoms with E-state index in [-0.39, 0.29) is 29.8 Å². The SMILES string of the molecule is CC(C)(C)NC(=O)c1cccc(NCC(=O)Nc2ccc(C(=O)NCc3ccccc3)cc2)c1. The third kappa shape index (κ3) is 7.78. The van der Waals surface area contributed by atoms with Crippen LogP contribution in [0.2, 0.25) is 0 Å². The van der Waals surface area contributed by atoms with Crippen LogP contribution in [0, 0.1) is 0 Å². The number of anilines is 2. The van der Waals surface area contributed by atoms with Crippen molar-refractivity contribution in [3.05, 3.63) is 95.6 Å². The Balaban J connectivity index is 1.48. The number of nitrogens with one attached hydrogen (secondary N) is 4. The Bertz CT molecular complexity index is 1140. The van der Waals surface area contributed by atoms with E-state index < -0.39 is 0 Å². The van der Waals surface area contributed by atoms with Crippen LogP contribution in [0.5, 0.6) is 0 Å². The van der Waals surface area contributed by atoms with E-state index in [9.17, 15) is 14.4 Å². The van der Waals surface area contributed by atoms with Crippen LogP contribution in [0.3, 0.4) is 0 Å². The summed E-state index contributed by atoms with van der Waals surface area (Å²) in [6.45, 7) is 6.23. The summed E-state index contributed by atoms with van der Waals surface area (Å²) in [4.78, 5) is 37.0. The number of carbonyl (C=O) groups is 3. The molecule has 0 aromatic heterocycles. The molecule has 0 atom stereocenters. The average molecular weight is 459 g/mol. The fraction of sp³-hybridized carbons (Fsp3) is 0.222. The molecule has 0 spiro atoms. The summed E-state index contributed by atoms with van der Waals surface area (Å²) < 4.78 is 0. The first-order valence-corrected chi connectivity index (χ1v) is 11.1. The Labute approximate surface area is 200 Å². The van der Waals surface area contributed by atoms with Gasteiger partial charge in [0.2, 0.25) is 5.91 Å². The first-order chi connectivity index (χ1) is 16.2. The first-order valence-electron chi connectivity index (χ1n) is 11.1. The molecule has 0 saturated heterocycles. The molecule has 3 aromatic carbocycles. The highest BCUT2D eigenvalue weighted by Gasteiger charge is 2.15. The number of amides is 3. The minimum Gasteiger partial charge on any atom is -0.376 e. The van der Waals surface area contributed by atoms with Crippen molar-refractivity contribution in [1.82, 2.24) is 10.6 Å². The van der Waals surface area contributed by atoms with Crippen LogP contribution in [-0.4, -0.2) is 29.8 Å². The number of carbonyl (C=O) groups excluding carboxylic acids is 3. The van der Waals surface area contributed by atoms with E-state index in [0.29, 0.717) is 29.0 Å². The molecule has 34 heavy (non-hydrogen) atoms. The molecule has 0 fully saturated rings. The van der Waals surface area contributed by atoms with Crippen molar-refractivity contribution in [2.45, 2.75) is 32.9 Å².